The molecule has 0 unspecified atom stereocenters. The van der Waals surface area contributed by atoms with E-state index in [1.165, 1.54) is 5.56 Å². The molecule has 1 heterocycles. The van der Waals surface area contributed by atoms with E-state index >= 15 is 0 Å². The van der Waals surface area contributed by atoms with Crippen LogP contribution < -0.4 is 5.32 Å². The highest BCUT2D eigenvalue weighted by atomic mass is 16.5. The molecule has 5 heteroatoms. The number of methoxy groups -OCH3 is 1. The molecule has 2 aromatic rings. The summed E-state index contributed by atoms with van der Waals surface area (Å²) in [5.41, 5.74) is 2.29. The summed E-state index contributed by atoms with van der Waals surface area (Å²) >= 11 is 0. The topological polar surface area (TPSA) is 56.1 Å². The molecule has 0 radical (unpaired) electrons. The Hall–Kier alpha value is -1.88. The zero-order valence-electron chi connectivity index (χ0n) is 12.1. The number of fused-ring (bicyclic) bond motifs is 1. The average molecular weight is 275 g/mol. The van der Waals surface area contributed by atoms with Gasteiger partial charge in [-0.1, -0.05) is 11.6 Å². The normalized spacial score (nSPS) is 10.9. The molecule has 0 bridgehead atoms. The number of hydrogen-bond acceptors (Lipinski definition) is 3. The van der Waals surface area contributed by atoms with Crippen molar-refractivity contribution < 1.29 is 9.53 Å². The lowest BCUT2D eigenvalue weighted by Crippen LogP contribution is -2.26. The predicted octanol–water partition coefficient (Wildman–Crippen LogP) is 1.89. The number of aromatic nitrogens is 2. The lowest BCUT2D eigenvalue weighted by Gasteiger charge is -2.06. The summed E-state index contributed by atoms with van der Waals surface area (Å²) in [7, 11) is 1.66. The Labute approximate surface area is 118 Å². The van der Waals surface area contributed by atoms with Crippen molar-refractivity contribution in [3.8, 4) is 0 Å². The zero-order chi connectivity index (χ0) is 14.4. The van der Waals surface area contributed by atoms with E-state index in [4.69, 9.17) is 4.74 Å². The number of ether oxygens (including phenoxy) is 1. The van der Waals surface area contributed by atoms with Crippen molar-refractivity contribution >= 4 is 16.8 Å². The van der Waals surface area contributed by atoms with Crippen LogP contribution in [0.15, 0.2) is 24.4 Å². The number of benzene rings is 1. The summed E-state index contributed by atoms with van der Waals surface area (Å²) in [6, 6.07) is 6.21. The van der Waals surface area contributed by atoms with Gasteiger partial charge in [-0.2, -0.15) is 5.10 Å². The molecule has 20 heavy (non-hydrogen) atoms. The minimum atomic E-state index is 0.0527. The first-order valence-electron chi connectivity index (χ1n) is 6.88. The summed E-state index contributed by atoms with van der Waals surface area (Å²) in [5.74, 6) is 0.0527. The Morgan fingerprint density at radius 3 is 3.10 bits per heavy atom. The summed E-state index contributed by atoms with van der Waals surface area (Å²) in [4.78, 5) is 11.7. The fourth-order valence-corrected chi connectivity index (χ4v) is 2.12. The number of aryl methyl sites for hydroxylation is 2. The Morgan fingerprint density at radius 2 is 2.30 bits per heavy atom. The number of carbonyl (C=O) groups is 1. The van der Waals surface area contributed by atoms with Crippen molar-refractivity contribution in [3.05, 3.63) is 30.0 Å². The van der Waals surface area contributed by atoms with Crippen molar-refractivity contribution in [1.29, 1.82) is 0 Å². The second-order valence-corrected chi connectivity index (χ2v) is 4.88. The Kier molecular flexibility index (Phi) is 5.12. The molecule has 0 fully saturated rings. The molecular weight excluding hydrogens is 254 g/mol. The molecule has 5 nitrogen and oxygen atoms in total. The molecular formula is C15H21N3O2. The van der Waals surface area contributed by atoms with Gasteiger partial charge in [-0.05, 0) is 25.5 Å². The summed E-state index contributed by atoms with van der Waals surface area (Å²) in [6.07, 6.45) is 3.13. The van der Waals surface area contributed by atoms with E-state index in [-0.39, 0.29) is 5.91 Å². The van der Waals surface area contributed by atoms with Gasteiger partial charge in [0.2, 0.25) is 5.91 Å². The van der Waals surface area contributed by atoms with Crippen LogP contribution in [0.1, 0.15) is 18.4 Å². The van der Waals surface area contributed by atoms with Crippen LogP contribution in [0.2, 0.25) is 0 Å². The van der Waals surface area contributed by atoms with Crippen LogP contribution in [0.5, 0.6) is 0 Å². The van der Waals surface area contributed by atoms with Gasteiger partial charge in [0.05, 0.1) is 18.3 Å². The Bertz CT molecular complexity index is 578. The molecule has 108 valence electrons. The summed E-state index contributed by atoms with van der Waals surface area (Å²) < 4.78 is 6.81. The third kappa shape index (κ3) is 3.81. The lowest BCUT2D eigenvalue weighted by molar-refractivity contribution is -0.121. The summed E-state index contributed by atoms with van der Waals surface area (Å²) in [6.45, 7) is 3.99. The molecule has 0 aliphatic carbocycles. The number of carbonyl (C=O) groups excluding carboxylic acids is 1. The molecule has 1 N–H and O–H groups in total. The van der Waals surface area contributed by atoms with E-state index in [1.807, 2.05) is 16.9 Å². The SMILES string of the molecule is COCCCNC(=O)CCn1ncc2cc(C)ccc21. The van der Waals surface area contributed by atoms with Crippen molar-refractivity contribution in [3.63, 3.8) is 0 Å². The highest BCUT2D eigenvalue weighted by Gasteiger charge is 2.05. The van der Waals surface area contributed by atoms with Crippen LogP contribution in [0.25, 0.3) is 10.9 Å². The largest absolute Gasteiger partial charge is 0.385 e. The average Bonchev–Trinajstić information content (AvgIpc) is 2.83. The maximum absolute atomic E-state index is 11.7. The molecule has 1 amide bonds. The summed E-state index contributed by atoms with van der Waals surface area (Å²) in [5, 5.41) is 8.33. The smallest absolute Gasteiger partial charge is 0.221 e. The van der Waals surface area contributed by atoms with Gasteiger partial charge < -0.3 is 10.1 Å². The van der Waals surface area contributed by atoms with Crippen molar-refractivity contribution in [2.75, 3.05) is 20.3 Å². The molecule has 2 rings (SSSR count). The van der Waals surface area contributed by atoms with E-state index in [9.17, 15) is 4.79 Å². The zero-order valence-corrected chi connectivity index (χ0v) is 12.1. The first kappa shape index (κ1) is 14.5. The van der Waals surface area contributed by atoms with Gasteiger partial charge in [-0.15, -0.1) is 0 Å². The number of rotatable bonds is 7. The highest BCUT2D eigenvalue weighted by molar-refractivity contribution is 5.80. The van der Waals surface area contributed by atoms with Crippen LogP contribution in [0, 0.1) is 6.92 Å². The second-order valence-electron chi connectivity index (χ2n) is 4.88. The predicted molar refractivity (Wildman–Crippen MR) is 78.6 cm³/mol. The molecule has 0 aliphatic heterocycles. The fourth-order valence-electron chi connectivity index (χ4n) is 2.12. The molecule has 0 spiro atoms. The van der Waals surface area contributed by atoms with Crippen molar-refractivity contribution in [1.82, 2.24) is 15.1 Å². The van der Waals surface area contributed by atoms with E-state index < -0.39 is 0 Å². The molecule has 0 atom stereocenters. The van der Waals surface area contributed by atoms with Gasteiger partial charge in [-0.3, -0.25) is 9.48 Å². The fraction of sp³-hybridized carbons (Fsp3) is 0.467. The standard InChI is InChI=1S/C15H21N3O2/c1-12-4-5-14-13(10-12)11-17-18(14)8-6-15(19)16-7-3-9-20-2/h4-5,10-11H,3,6-9H2,1-2H3,(H,16,19). The van der Waals surface area contributed by atoms with Gasteiger partial charge in [0.1, 0.15) is 0 Å². The minimum Gasteiger partial charge on any atom is -0.385 e. The van der Waals surface area contributed by atoms with Crippen molar-refractivity contribution in [2.24, 2.45) is 0 Å². The van der Waals surface area contributed by atoms with Crippen LogP contribution in [0.4, 0.5) is 0 Å². The first-order chi connectivity index (χ1) is 9.70. The van der Waals surface area contributed by atoms with Crippen LogP contribution in [0.3, 0.4) is 0 Å². The molecule has 0 saturated heterocycles. The number of nitrogens with zero attached hydrogens (tertiary/aromatic N) is 2. The number of hydrogen-bond donors (Lipinski definition) is 1. The first-order valence-corrected chi connectivity index (χ1v) is 6.88. The number of nitrogens with one attached hydrogen (secondary N) is 1. The second kappa shape index (κ2) is 7.05. The van der Waals surface area contributed by atoms with Gasteiger partial charge >= 0.3 is 0 Å². The third-order valence-corrected chi connectivity index (χ3v) is 3.20. The number of amides is 1. The van der Waals surface area contributed by atoms with Crippen molar-refractivity contribution in [2.45, 2.75) is 26.3 Å². The van der Waals surface area contributed by atoms with Gasteiger partial charge in [0.25, 0.3) is 0 Å². The van der Waals surface area contributed by atoms with Gasteiger partial charge in [0, 0.05) is 32.1 Å². The quantitative estimate of drug-likeness (QED) is 0.785. The molecule has 1 aromatic heterocycles. The van der Waals surface area contributed by atoms with Gasteiger partial charge in [0.15, 0.2) is 0 Å². The minimum absolute atomic E-state index is 0.0527. The van der Waals surface area contributed by atoms with Crippen LogP contribution in [-0.4, -0.2) is 35.9 Å². The Balaban J connectivity index is 1.85. The Morgan fingerprint density at radius 1 is 1.45 bits per heavy atom. The maximum Gasteiger partial charge on any atom is 0.221 e. The molecule has 0 aliphatic rings. The van der Waals surface area contributed by atoms with Crippen LogP contribution >= 0.6 is 0 Å². The third-order valence-electron chi connectivity index (χ3n) is 3.20. The maximum atomic E-state index is 11.7. The van der Waals surface area contributed by atoms with Gasteiger partial charge in [-0.25, -0.2) is 0 Å². The van der Waals surface area contributed by atoms with Crippen LogP contribution in [-0.2, 0) is 16.1 Å². The monoisotopic (exact) mass is 275 g/mol. The van der Waals surface area contributed by atoms with E-state index in [2.05, 4.69) is 29.5 Å². The molecule has 0 saturated carbocycles. The molecule has 1 aromatic carbocycles. The van der Waals surface area contributed by atoms with E-state index in [0.29, 0.717) is 26.1 Å². The highest BCUT2D eigenvalue weighted by Crippen LogP contribution is 2.15. The van der Waals surface area contributed by atoms with E-state index in [0.717, 1.165) is 17.3 Å². The lowest BCUT2D eigenvalue weighted by atomic mass is 10.2. The van der Waals surface area contributed by atoms with E-state index in [1.54, 1.807) is 7.11 Å².